The Morgan fingerprint density at radius 1 is 1.05 bits per heavy atom. The van der Waals surface area contributed by atoms with Crippen LogP contribution in [0.25, 0.3) is 0 Å². The van der Waals surface area contributed by atoms with Crippen LogP contribution in [0.3, 0.4) is 0 Å². The third-order valence-electron chi connectivity index (χ3n) is 5.01. The molecular weight excluding hydrogens is 282 g/mol. The van der Waals surface area contributed by atoms with Crippen molar-refractivity contribution >= 4 is 17.8 Å². The van der Waals surface area contributed by atoms with Gasteiger partial charge in [0.2, 0.25) is 0 Å². The van der Waals surface area contributed by atoms with Gasteiger partial charge in [-0.05, 0) is 31.4 Å². The van der Waals surface area contributed by atoms with Crippen LogP contribution in [0.1, 0.15) is 60.7 Å². The summed E-state index contributed by atoms with van der Waals surface area (Å²) in [6.07, 6.45) is 1.76. The third kappa shape index (κ3) is 2.21. The van der Waals surface area contributed by atoms with E-state index in [4.69, 9.17) is 0 Å². The molecular formula is C17H21NO4. The van der Waals surface area contributed by atoms with Crippen molar-refractivity contribution < 1.29 is 19.5 Å². The Hall–Kier alpha value is -2.17. The van der Waals surface area contributed by atoms with Crippen molar-refractivity contribution in [1.29, 1.82) is 0 Å². The summed E-state index contributed by atoms with van der Waals surface area (Å²) in [5.41, 5.74) is -0.0361. The van der Waals surface area contributed by atoms with E-state index in [-0.39, 0.29) is 11.1 Å². The molecule has 0 saturated carbocycles. The van der Waals surface area contributed by atoms with Gasteiger partial charge in [0.1, 0.15) is 6.04 Å². The molecule has 0 bridgehead atoms. The Morgan fingerprint density at radius 2 is 1.45 bits per heavy atom. The molecule has 1 aliphatic rings. The van der Waals surface area contributed by atoms with Crippen molar-refractivity contribution in [2.24, 2.45) is 5.41 Å². The quantitative estimate of drug-likeness (QED) is 0.820. The average molecular weight is 303 g/mol. The van der Waals surface area contributed by atoms with E-state index in [0.29, 0.717) is 19.3 Å². The summed E-state index contributed by atoms with van der Waals surface area (Å²) in [7, 11) is 0. The first-order chi connectivity index (χ1) is 10.4. The molecule has 1 N–H and O–H groups in total. The first-order valence-electron chi connectivity index (χ1n) is 7.63. The molecule has 0 fully saturated rings. The van der Waals surface area contributed by atoms with Gasteiger partial charge in [-0.2, -0.15) is 0 Å². The first-order valence-corrected chi connectivity index (χ1v) is 7.63. The van der Waals surface area contributed by atoms with E-state index in [0.717, 1.165) is 4.90 Å². The molecule has 2 amide bonds. The molecule has 22 heavy (non-hydrogen) atoms. The fraction of sp³-hybridized carbons (Fsp3) is 0.471. The molecule has 5 nitrogen and oxygen atoms in total. The molecule has 1 atom stereocenters. The van der Waals surface area contributed by atoms with E-state index in [9.17, 15) is 19.5 Å². The van der Waals surface area contributed by atoms with Crippen molar-refractivity contribution in [3.63, 3.8) is 0 Å². The van der Waals surface area contributed by atoms with Gasteiger partial charge in [-0.1, -0.05) is 32.9 Å². The highest BCUT2D eigenvalue weighted by molar-refractivity contribution is 6.22. The fourth-order valence-electron chi connectivity index (χ4n) is 3.42. The number of carbonyl (C=O) groups excluding carboxylic acids is 2. The van der Waals surface area contributed by atoms with Crippen LogP contribution in [0, 0.1) is 5.41 Å². The van der Waals surface area contributed by atoms with E-state index in [1.54, 1.807) is 24.3 Å². The molecule has 1 aromatic carbocycles. The lowest BCUT2D eigenvalue weighted by Crippen LogP contribution is -2.54. The van der Waals surface area contributed by atoms with Crippen molar-refractivity contribution in [1.82, 2.24) is 4.90 Å². The summed E-state index contributed by atoms with van der Waals surface area (Å²) in [4.78, 5) is 38.0. The smallest absolute Gasteiger partial charge is 0.327 e. The molecule has 0 aromatic heterocycles. The van der Waals surface area contributed by atoms with Gasteiger partial charge in [0.25, 0.3) is 11.8 Å². The van der Waals surface area contributed by atoms with Gasteiger partial charge in [-0.25, -0.2) is 4.79 Å². The van der Waals surface area contributed by atoms with E-state index < -0.39 is 29.2 Å². The number of hydrogen-bond donors (Lipinski definition) is 1. The first kappa shape index (κ1) is 16.2. The Kier molecular flexibility index (Phi) is 4.35. The van der Waals surface area contributed by atoms with Crippen LogP contribution in [-0.2, 0) is 4.79 Å². The molecule has 0 radical (unpaired) electrons. The molecule has 1 unspecified atom stereocenters. The van der Waals surface area contributed by atoms with Gasteiger partial charge in [0, 0.05) is 5.41 Å². The zero-order valence-corrected chi connectivity index (χ0v) is 13.1. The molecule has 5 heteroatoms. The number of aliphatic carboxylic acids is 1. The standard InChI is InChI=1S/C17H21NO4/c1-4-17(5-2,6-3)13(16(21)22)18-14(19)11-9-7-8-10-12(11)15(18)20/h7-10,13H,4-6H2,1-3H3,(H,21,22). The second-order valence-corrected chi connectivity index (χ2v) is 5.69. The topological polar surface area (TPSA) is 74.7 Å². The maximum Gasteiger partial charge on any atom is 0.327 e. The largest absolute Gasteiger partial charge is 0.480 e. The predicted molar refractivity (Wildman–Crippen MR) is 81.7 cm³/mol. The minimum absolute atomic E-state index is 0.288. The van der Waals surface area contributed by atoms with Gasteiger partial charge in [0.15, 0.2) is 0 Å². The lowest BCUT2D eigenvalue weighted by atomic mass is 9.72. The van der Waals surface area contributed by atoms with Crippen molar-refractivity contribution in [2.45, 2.75) is 46.1 Å². The maximum absolute atomic E-state index is 12.6. The van der Waals surface area contributed by atoms with E-state index >= 15 is 0 Å². The number of carbonyl (C=O) groups is 3. The molecule has 0 spiro atoms. The minimum Gasteiger partial charge on any atom is -0.480 e. The number of fused-ring (bicyclic) bond motifs is 1. The number of nitrogens with zero attached hydrogens (tertiary/aromatic N) is 1. The van der Waals surface area contributed by atoms with Crippen molar-refractivity contribution in [3.8, 4) is 0 Å². The van der Waals surface area contributed by atoms with Crippen LogP contribution < -0.4 is 0 Å². The average Bonchev–Trinajstić information content (AvgIpc) is 2.77. The Labute approximate surface area is 129 Å². The van der Waals surface area contributed by atoms with Crippen molar-refractivity contribution in [2.75, 3.05) is 0 Å². The lowest BCUT2D eigenvalue weighted by molar-refractivity contribution is -0.147. The van der Waals surface area contributed by atoms with Crippen LogP contribution >= 0.6 is 0 Å². The summed E-state index contributed by atoms with van der Waals surface area (Å²) < 4.78 is 0. The highest BCUT2D eigenvalue weighted by Gasteiger charge is 2.50. The van der Waals surface area contributed by atoms with Crippen LogP contribution in [0.2, 0.25) is 0 Å². The Bertz CT molecular complexity index is 576. The molecule has 0 aliphatic carbocycles. The van der Waals surface area contributed by atoms with Crippen LogP contribution in [-0.4, -0.2) is 33.8 Å². The van der Waals surface area contributed by atoms with Crippen LogP contribution in [0.5, 0.6) is 0 Å². The number of carboxylic acids is 1. The molecule has 1 aromatic rings. The Balaban J connectivity index is 2.55. The van der Waals surface area contributed by atoms with Gasteiger partial charge in [0.05, 0.1) is 11.1 Å². The minimum atomic E-state index is -1.14. The number of benzene rings is 1. The van der Waals surface area contributed by atoms with Gasteiger partial charge in [-0.3, -0.25) is 14.5 Å². The highest BCUT2D eigenvalue weighted by atomic mass is 16.4. The number of amides is 2. The monoisotopic (exact) mass is 303 g/mol. The second kappa shape index (κ2) is 5.91. The summed E-state index contributed by atoms with van der Waals surface area (Å²) in [6, 6.07) is 5.35. The predicted octanol–water partition coefficient (Wildman–Crippen LogP) is 2.95. The highest BCUT2D eigenvalue weighted by Crippen LogP contribution is 2.40. The molecule has 0 saturated heterocycles. The summed E-state index contributed by atoms with van der Waals surface area (Å²) in [5, 5.41) is 9.73. The van der Waals surface area contributed by atoms with Crippen LogP contribution in [0.15, 0.2) is 24.3 Å². The van der Waals surface area contributed by atoms with Crippen LogP contribution in [0.4, 0.5) is 0 Å². The number of imide groups is 1. The Morgan fingerprint density at radius 3 is 1.77 bits per heavy atom. The molecule has 1 aliphatic heterocycles. The van der Waals surface area contributed by atoms with Gasteiger partial charge < -0.3 is 5.11 Å². The zero-order valence-electron chi connectivity index (χ0n) is 13.1. The lowest BCUT2D eigenvalue weighted by Gasteiger charge is -2.40. The third-order valence-corrected chi connectivity index (χ3v) is 5.01. The zero-order chi connectivity index (χ0) is 16.5. The summed E-state index contributed by atoms with van der Waals surface area (Å²) in [6.45, 7) is 5.71. The molecule has 2 rings (SSSR count). The number of rotatable bonds is 6. The molecule has 1 heterocycles. The summed E-state index contributed by atoms with van der Waals surface area (Å²) >= 11 is 0. The van der Waals surface area contributed by atoms with Crippen molar-refractivity contribution in [3.05, 3.63) is 35.4 Å². The van der Waals surface area contributed by atoms with Gasteiger partial charge in [-0.15, -0.1) is 0 Å². The summed E-state index contributed by atoms with van der Waals surface area (Å²) in [5.74, 6) is -2.14. The SMILES string of the molecule is CCC(CC)(CC)C(C(=O)O)N1C(=O)c2ccccc2C1=O. The second-order valence-electron chi connectivity index (χ2n) is 5.69. The maximum atomic E-state index is 12.6. The molecule has 118 valence electrons. The normalized spacial score (nSPS) is 15.9. The van der Waals surface area contributed by atoms with Gasteiger partial charge >= 0.3 is 5.97 Å². The van der Waals surface area contributed by atoms with E-state index in [2.05, 4.69) is 0 Å². The number of hydrogen-bond acceptors (Lipinski definition) is 3. The van der Waals surface area contributed by atoms with E-state index in [1.165, 1.54) is 0 Å². The number of carboxylic acid groups (broad SMARTS) is 1. The fourth-order valence-corrected chi connectivity index (χ4v) is 3.42. The van der Waals surface area contributed by atoms with E-state index in [1.807, 2.05) is 20.8 Å².